The van der Waals surface area contributed by atoms with Crippen molar-refractivity contribution in [3.05, 3.63) is 42.2 Å². The molecule has 1 aliphatic heterocycles. The fraction of sp³-hybridized carbons (Fsp3) is 0.375. The fourth-order valence-electron chi connectivity index (χ4n) is 2.53. The minimum Gasteiger partial charge on any atom is -0.406 e. The Morgan fingerprint density at radius 1 is 1.15 bits per heavy atom. The van der Waals surface area contributed by atoms with Crippen LogP contribution in [0.2, 0.25) is 0 Å². The van der Waals surface area contributed by atoms with Gasteiger partial charge in [0.05, 0.1) is 18.1 Å². The van der Waals surface area contributed by atoms with E-state index in [2.05, 4.69) is 30.2 Å². The number of aromatic nitrogens is 2. The molecule has 2 heterocycles. The Labute approximate surface area is 155 Å². The number of benzene rings is 1. The molecule has 0 aliphatic carbocycles. The van der Waals surface area contributed by atoms with Crippen molar-refractivity contribution < 1.29 is 17.9 Å². The summed E-state index contributed by atoms with van der Waals surface area (Å²) in [4.78, 5) is 10.7. The fourth-order valence-corrected chi connectivity index (χ4v) is 2.53. The molecule has 10 heteroatoms. The van der Waals surface area contributed by atoms with Crippen LogP contribution in [0.3, 0.4) is 0 Å². The number of piperazine rings is 1. The molecular formula is C16H19ClF3N5O. The number of anilines is 2. The number of hydrogen-bond acceptors (Lipinski definition) is 6. The summed E-state index contributed by atoms with van der Waals surface area (Å²) in [5.74, 6) is 0.169. The van der Waals surface area contributed by atoms with Crippen LogP contribution in [0.15, 0.2) is 36.7 Å². The highest BCUT2D eigenvalue weighted by molar-refractivity contribution is 5.85. The van der Waals surface area contributed by atoms with Crippen molar-refractivity contribution in [2.24, 2.45) is 0 Å². The first-order valence-corrected chi connectivity index (χ1v) is 7.86. The summed E-state index contributed by atoms with van der Waals surface area (Å²) < 4.78 is 40.7. The summed E-state index contributed by atoms with van der Waals surface area (Å²) >= 11 is 0. The Balaban J connectivity index is 0.00000243. The third-order valence-electron chi connectivity index (χ3n) is 3.70. The van der Waals surface area contributed by atoms with Crippen LogP contribution >= 0.6 is 12.4 Å². The van der Waals surface area contributed by atoms with Crippen molar-refractivity contribution in [1.29, 1.82) is 0 Å². The first-order chi connectivity index (χ1) is 12.0. The number of nitrogens with zero attached hydrogens (tertiary/aromatic N) is 3. The summed E-state index contributed by atoms with van der Waals surface area (Å²) in [6, 6.07) is 5.79. The first kappa shape index (κ1) is 20.1. The van der Waals surface area contributed by atoms with E-state index < -0.39 is 6.36 Å². The number of nitrogens with one attached hydrogen (secondary N) is 2. The van der Waals surface area contributed by atoms with E-state index in [0.717, 1.165) is 31.9 Å². The average molecular weight is 390 g/mol. The lowest BCUT2D eigenvalue weighted by Crippen LogP contribution is -2.43. The van der Waals surface area contributed by atoms with Crippen molar-refractivity contribution in [2.75, 3.05) is 36.4 Å². The summed E-state index contributed by atoms with van der Waals surface area (Å²) in [6.45, 7) is 3.96. The van der Waals surface area contributed by atoms with Gasteiger partial charge >= 0.3 is 6.36 Å². The van der Waals surface area contributed by atoms with Crippen molar-refractivity contribution >= 4 is 24.0 Å². The minimum absolute atomic E-state index is 0. The maximum absolute atomic E-state index is 12.2. The second kappa shape index (κ2) is 8.91. The standard InChI is InChI=1S/C16H18F3N5O.ClH/c17-16(18,19)25-14-3-1-2-12(8-14)9-21-15-22-10-13(11-23-15)24-6-4-20-5-7-24;/h1-3,8,10-11,20H,4-7,9H2,(H,21,22,23);1H. The molecule has 0 atom stereocenters. The van der Waals surface area contributed by atoms with Gasteiger partial charge in [0.2, 0.25) is 5.95 Å². The molecule has 2 aromatic rings. The smallest absolute Gasteiger partial charge is 0.406 e. The van der Waals surface area contributed by atoms with Gasteiger partial charge in [-0.15, -0.1) is 25.6 Å². The van der Waals surface area contributed by atoms with Crippen LogP contribution in [0, 0.1) is 0 Å². The predicted molar refractivity (Wildman–Crippen MR) is 94.8 cm³/mol. The number of alkyl halides is 3. The Morgan fingerprint density at radius 2 is 1.85 bits per heavy atom. The van der Waals surface area contributed by atoms with E-state index in [4.69, 9.17) is 0 Å². The van der Waals surface area contributed by atoms with Crippen LogP contribution in [0.25, 0.3) is 0 Å². The zero-order valence-corrected chi connectivity index (χ0v) is 14.6. The second-order valence-electron chi connectivity index (χ2n) is 5.55. The van der Waals surface area contributed by atoms with Gasteiger partial charge in [-0.05, 0) is 17.7 Å². The molecule has 26 heavy (non-hydrogen) atoms. The van der Waals surface area contributed by atoms with Crippen LogP contribution in [0.5, 0.6) is 5.75 Å². The van der Waals surface area contributed by atoms with Gasteiger partial charge < -0.3 is 20.3 Å². The molecule has 3 rings (SSSR count). The van der Waals surface area contributed by atoms with Gasteiger partial charge in [-0.2, -0.15) is 0 Å². The van der Waals surface area contributed by atoms with Crippen molar-refractivity contribution in [2.45, 2.75) is 12.9 Å². The van der Waals surface area contributed by atoms with Gasteiger partial charge in [0.15, 0.2) is 0 Å². The molecule has 142 valence electrons. The average Bonchev–Trinajstić information content (AvgIpc) is 2.60. The summed E-state index contributed by atoms with van der Waals surface area (Å²) in [7, 11) is 0. The Morgan fingerprint density at radius 3 is 2.50 bits per heavy atom. The Hall–Kier alpha value is -2.26. The van der Waals surface area contributed by atoms with Crippen LogP contribution < -0.4 is 20.3 Å². The van der Waals surface area contributed by atoms with Crippen molar-refractivity contribution in [3.8, 4) is 5.75 Å². The molecule has 0 saturated carbocycles. The molecule has 0 spiro atoms. The summed E-state index contributed by atoms with van der Waals surface area (Å²) in [5.41, 5.74) is 1.59. The molecule has 0 radical (unpaired) electrons. The molecule has 0 bridgehead atoms. The second-order valence-corrected chi connectivity index (χ2v) is 5.55. The minimum atomic E-state index is -4.70. The number of halogens is 4. The van der Waals surface area contributed by atoms with E-state index in [-0.39, 0.29) is 18.2 Å². The van der Waals surface area contributed by atoms with Gasteiger partial charge in [-0.25, -0.2) is 9.97 Å². The molecule has 1 saturated heterocycles. The monoisotopic (exact) mass is 389 g/mol. The Bertz CT molecular complexity index is 693. The largest absolute Gasteiger partial charge is 0.573 e. The predicted octanol–water partition coefficient (Wildman–Crippen LogP) is 2.82. The van der Waals surface area contributed by atoms with Gasteiger partial charge in [-0.3, -0.25) is 0 Å². The highest BCUT2D eigenvalue weighted by atomic mass is 35.5. The number of hydrogen-bond donors (Lipinski definition) is 2. The molecule has 1 fully saturated rings. The van der Waals surface area contributed by atoms with E-state index in [1.165, 1.54) is 18.2 Å². The van der Waals surface area contributed by atoms with E-state index in [9.17, 15) is 13.2 Å². The molecule has 0 unspecified atom stereocenters. The Kier molecular flexibility index (Phi) is 6.87. The van der Waals surface area contributed by atoms with Gasteiger partial charge in [0, 0.05) is 32.7 Å². The van der Waals surface area contributed by atoms with Crippen molar-refractivity contribution in [1.82, 2.24) is 15.3 Å². The van der Waals surface area contributed by atoms with Crippen LogP contribution in [0.4, 0.5) is 24.8 Å². The third kappa shape index (κ3) is 5.92. The SMILES string of the molecule is Cl.FC(F)(F)Oc1cccc(CNc2ncc(N3CCNCC3)cn2)c1. The molecule has 1 aromatic heterocycles. The van der Waals surface area contributed by atoms with Crippen LogP contribution in [-0.2, 0) is 6.54 Å². The topological polar surface area (TPSA) is 62.3 Å². The van der Waals surface area contributed by atoms with E-state index in [0.29, 0.717) is 18.1 Å². The lowest BCUT2D eigenvalue weighted by molar-refractivity contribution is -0.274. The lowest BCUT2D eigenvalue weighted by Gasteiger charge is -2.28. The molecule has 0 amide bonds. The van der Waals surface area contributed by atoms with E-state index in [1.54, 1.807) is 18.5 Å². The molecule has 2 N–H and O–H groups in total. The molecule has 1 aromatic carbocycles. The van der Waals surface area contributed by atoms with Crippen molar-refractivity contribution in [3.63, 3.8) is 0 Å². The summed E-state index contributed by atoms with van der Waals surface area (Å²) in [6.07, 6.45) is -1.22. The maximum atomic E-state index is 12.2. The molecule has 1 aliphatic rings. The normalized spacial score (nSPS) is 14.5. The summed E-state index contributed by atoms with van der Waals surface area (Å²) in [5, 5.41) is 6.27. The van der Waals surface area contributed by atoms with Gasteiger partial charge in [-0.1, -0.05) is 12.1 Å². The third-order valence-corrected chi connectivity index (χ3v) is 3.70. The highest BCUT2D eigenvalue weighted by Crippen LogP contribution is 2.23. The molecular weight excluding hydrogens is 371 g/mol. The zero-order chi connectivity index (χ0) is 17.7. The maximum Gasteiger partial charge on any atom is 0.573 e. The van der Waals surface area contributed by atoms with Gasteiger partial charge in [0.25, 0.3) is 0 Å². The van der Waals surface area contributed by atoms with Gasteiger partial charge in [0.1, 0.15) is 5.75 Å². The van der Waals surface area contributed by atoms with Crippen LogP contribution in [-0.4, -0.2) is 42.5 Å². The quantitative estimate of drug-likeness (QED) is 0.820. The van der Waals surface area contributed by atoms with E-state index in [1.807, 2.05) is 0 Å². The van der Waals surface area contributed by atoms with E-state index >= 15 is 0 Å². The number of rotatable bonds is 5. The number of ether oxygens (including phenoxy) is 1. The zero-order valence-electron chi connectivity index (χ0n) is 13.8. The highest BCUT2D eigenvalue weighted by Gasteiger charge is 2.31. The lowest BCUT2D eigenvalue weighted by atomic mass is 10.2. The first-order valence-electron chi connectivity index (χ1n) is 7.86. The molecule has 6 nitrogen and oxygen atoms in total. The van der Waals surface area contributed by atoms with Crippen LogP contribution in [0.1, 0.15) is 5.56 Å².